The summed E-state index contributed by atoms with van der Waals surface area (Å²) in [5.74, 6) is -0.667. The van der Waals surface area contributed by atoms with Crippen LogP contribution in [-0.4, -0.2) is 115 Å². The minimum Gasteiger partial charge on any atom is -0.514 e. The van der Waals surface area contributed by atoms with Crippen LogP contribution in [0.1, 0.15) is 12.0 Å². The van der Waals surface area contributed by atoms with E-state index in [1.54, 1.807) is 29.6 Å². The molecule has 5 rings (SSSR count). The number of hydrogen-bond acceptors (Lipinski definition) is 8. The largest absolute Gasteiger partial charge is 0.514 e. The second kappa shape index (κ2) is 13.1. The van der Waals surface area contributed by atoms with Crippen molar-refractivity contribution in [1.82, 2.24) is 24.0 Å². The van der Waals surface area contributed by atoms with Crippen molar-refractivity contribution in [3.05, 3.63) is 71.0 Å². The van der Waals surface area contributed by atoms with Crippen LogP contribution < -0.4 is 26.0 Å². The number of nitrogens with zero attached hydrogens (tertiary/aromatic N) is 6. The first kappa shape index (κ1) is 34.0. The van der Waals surface area contributed by atoms with Gasteiger partial charge in [0.25, 0.3) is 0 Å². The van der Waals surface area contributed by atoms with Gasteiger partial charge in [-0.25, -0.2) is 18.7 Å². The summed E-state index contributed by atoms with van der Waals surface area (Å²) in [6.07, 6.45) is 3.91. The number of amides is 1. The number of ether oxygens (including phenoxy) is 1. The molecule has 1 amide bonds. The van der Waals surface area contributed by atoms with E-state index in [1.807, 2.05) is 0 Å². The fourth-order valence-electron chi connectivity index (χ4n) is 5.30. The lowest BCUT2D eigenvalue weighted by Gasteiger charge is -2.35. The van der Waals surface area contributed by atoms with Crippen LogP contribution in [0.3, 0.4) is 0 Å². The Morgan fingerprint density at radius 2 is 1.87 bits per heavy atom. The minimum absolute atomic E-state index is 0.0252. The van der Waals surface area contributed by atoms with Crippen LogP contribution in [0.4, 0.5) is 27.4 Å². The van der Waals surface area contributed by atoms with Gasteiger partial charge in [-0.2, -0.15) is 4.98 Å². The predicted molar refractivity (Wildman–Crippen MR) is 186 cm³/mol. The number of anilines is 4. The third-order valence-corrected chi connectivity index (χ3v) is 7.68. The molecule has 2 aromatic carbocycles. The summed E-state index contributed by atoms with van der Waals surface area (Å²) in [6, 6.07) is 7.37. The Morgan fingerprint density at radius 1 is 1.13 bits per heavy atom. The monoisotopic (exact) mass is 620 g/mol. The average Bonchev–Trinajstić information content (AvgIpc) is 3.27. The molecular formula is C29H27B6FN8O3. The molecule has 2 N–H and O–H groups in total. The van der Waals surface area contributed by atoms with Gasteiger partial charge in [0.1, 0.15) is 40.9 Å². The molecule has 0 aliphatic carbocycles. The highest BCUT2D eigenvalue weighted by Crippen LogP contribution is 2.39. The molecule has 0 fully saturated rings. The molecule has 47 heavy (non-hydrogen) atoms. The fourth-order valence-corrected chi connectivity index (χ4v) is 5.30. The zero-order valence-corrected chi connectivity index (χ0v) is 26.0. The lowest BCUT2D eigenvalue weighted by atomic mass is 9.48. The first-order chi connectivity index (χ1) is 22.1. The van der Waals surface area contributed by atoms with Crippen molar-refractivity contribution < 1.29 is 13.9 Å². The Labute approximate surface area is 279 Å². The van der Waals surface area contributed by atoms with E-state index >= 15 is 0 Å². The van der Waals surface area contributed by atoms with Gasteiger partial charge in [-0.15, -0.1) is 0 Å². The van der Waals surface area contributed by atoms with Gasteiger partial charge in [-0.05, 0) is 49.0 Å². The number of halogens is 1. The first-order valence-electron chi connectivity index (χ1n) is 14.6. The third-order valence-electron chi connectivity index (χ3n) is 7.68. The van der Waals surface area contributed by atoms with Crippen LogP contribution in [0.5, 0.6) is 5.75 Å². The van der Waals surface area contributed by atoms with Crippen molar-refractivity contribution >= 4 is 87.0 Å². The molecule has 18 heteroatoms. The van der Waals surface area contributed by atoms with E-state index in [0.29, 0.717) is 54.9 Å². The summed E-state index contributed by atoms with van der Waals surface area (Å²) in [5.41, 5.74) is 2.44. The summed E-state index contributed by atoms with van der Waals surface area (Å²) in [6.45, 7) is 4.71. The number of aromatic nitrogens is 4. The summed E-state index contributed by atoms with van der Waals surface area (Å²) in [5, 5.41) is 2.14. The van der Waals surface area contributed by atoms with Crippen LogP contribution in [0, 0.1) is 5.82 Å². The van der Waals surface area contributed by atoms with E-state index in [-0.39, 0.29) is 28.9 Å². The standard InChI is InChI=1S/C29H27B6FN8O3/c1-4-24(45)38-18-14-19(22(47-29(33,34)35)15-20(18)41(2)10-11-42(3)28(30,31)32)39-26-37-8-7-23(40-26)44-21-13-17(36)12-16-6-5-9-43(25(16)21)27(44)46/h4,7-8,12-15H,1,5-6,9-11H2,2-3H3,(H,38,45)(H,37,39,40). The van der Waals surface area contributed by atoms with Crippen LogP contribution in [-0.2, 0) is 17.8 Å². The molecule has 0 saturated heterocycles. The highest BCUT2D eigenvalue weighted by atomic mass is 19.1. The molecule has 0 spiro atoms. The number of carbonyl (C=O) groups is 1. The third kappa shape index (κ3) is 7.48. The van der Waals surface area contributed by atoms with Crippen molar-refractivity contribution in [3.8, 4) is 11.6 Å². The topological polar surface area (TPSA) is 110 Å². The van der Waals surface area contributed by atoms with Crippen molar-refractivity contribution in [2.45, 2.75) is 29.9 Å². The number of rotatable bonds is 12. The lowest BCUT2D eigenvalue weighted by Crippen LogP contribution is -2.50. The number of hydrogen-bond donors (Lipinski definition) is 2. The van der Waals surface area contributed by atoms with Crippen LogP contribution in [0.2, 0.25) is 0 Å². The highest BCUT2D eigenvalue weighted by molar-refractivity contribution is 6.59. The van der Waals surface area contributed by atoms with E-state index in [0.717, 1.165) is 11.6 Å². The van der Waals surface area contributed by atoms with Gasteiger partial charge in [0.05, 0.1) is 51.6 Å². The Morgan fingerprint density at radius 3 is 2.55 bits per heavy atom. The Balaban J connectivity index is 1.57. The van der Waals surface area contributed by atoms with Gasteiger partial charge in [0, 0.05) is 51.1 Å². The zero-order chi connectivity index (χ0) is 34.3. The number of nitrogens with one attached hydrogen (secondary N) is 2. The normalized spacial score (nSPS) is 13.0. The second-order valence-electron chi connectivity index (χ2n) is 11.4. The van der Waals surface area contributed by atoms with Crippen molar-refractivity contribution in [2.75, 3.05) is 42.7 Å². The molecule has 226 valence electrons. The van der Waals surface area contributed by atoms with E-state index in [2.05, 4.69) is 27.2 Å². The van der Waals surface area contributed by atoms with Gasteiger partial charge in [0.2, 0.25) is 11.9 Å². The summed E-state index contributed by atoms with van der Waals surface area (Å²) < 4.78 is 23.3. The van der Waals surface area contributed by atoms with Gasteiger partial charge in [-0.1, -0.05) is 11.8 Å². The van der Waals surface area contributed by atoms with E-state index in [4.69, 9.17) is 51.8 Å². The number of aryl methyl sites for hydroxylation is 2. The van der Waals surface area contributed by atoms with Crippen molar-refractivity contribution in [1.29, 1.82) is 0 Å². The Hall–Kier alpha value is -4.32. The zero-order valence-electron chi connectivity index (χ0n) is 26.0. The molecular weight excluding hydrogens is 592 g/mol. The predicted octanol–water partition coefficient (Wildman–Crippen LogP) is 0.516. The minimum atomic E-state index is -2.11. The maximum Gasteiger partial charge on any atom is 0.334 e. The van der Waals surface area contributed by atoms with Crippen molar-refractivity contribution in [2.24, 2.45) is 0 Å². The second-order valence-corrected chi connectivity index (χ2v) is 11.4. The molecule has 0 unspecified atom stereocenters. The number of likely N-dealkylation sites (N-methyl/N-ethyl adjacent to an activating group) is 2. The smallest absolute Gasteiger partial charge is 0.334 e. The van der Waals surface area contributed by atoms with Gasteiger partial charge in [-0.3, -0.25) is 9.36 Å². The Kier molecular flexibility index (Phi) is 9.45. The van der Waals surface area contributed by atoms with Gasteiger partial charge < -0.3 is 25.2 Å². The van der Waals surface area contributed by atoms with Gasteiger partial charge in [0.15, 0.2) is 0 Å². The average molecular weight is 619 g/mol. The van der Waals surface area contributed by atoms with Crippen LogP contribution >= 0.6 is 0 Å². The molecule has 11 nitrogen and oxygen atoms in total. The number of benzene rings is 2. The SMILES string of the molecule is [B]C([B])([B])Oc1cc(N(C)CCN(C)C([B])([B])[B])c(NC(=O)C=C)cc1Nc1nccc(-n2c(=O)n3c4c(cc(F)cc42)CCC3)n1. The van der Waals surface area contributed by atoms with E-state index in [9.17, 15) is 14.0 Å². The molecule has 0 bridgehead atoms. The molecule has 0 atom stereocenters. The quantitative estimate of drug-likeness (QED) is 0.175. The van der Waals surface area contributed by atoms with Gasteiger partial charge >= 0.3 is 5.69 Å². The molecule has 1 aliphatic heterocycles. The highest BCUT2D eigenvalue weighted by Gasteiger charge is 2.24. The maximum absolute atomic E-state index is 14.6. The first-order valence-corrected chi connectivity index (χ1v) is 14.6. The molecule has 3 heterocycles. The van der Waals surface area contributed by atoms with E-state index < -0.39 is 22.3 Å². The summed E-state index contributed by atoms with van der Waals surface area (Å²) >= 11 is 0. The maximum atomic E-state index is 14.6. The number of imidazole rings is 1. The van der Waals surface area contributed by atoms with Crippen LogP contribution in [0.25, 0.3) is 16.9 Å². The lowest BCUT2D eigenvalue weighted by molar-refractivity contribution is -0.111. The summed E-state index contributed by atoms with van der Waals surface area (Å²) in [4.78, 5) is 38.1. The molecule has 2 aromatic heterocycles. The Bertz CT molecular complexity index is 1910. The molecule has 0 saturated carbocycles. The molecule has 1 aliphatic rings. The number of carbonyl (C=O) groups excluding carboxylic acids is 1. The summed E-state index contributed by atoms with van der Waals surface area (Å²) in [7, 11) is 38.2. The molecule has 12 radical (unpaired) electrons. The molecule has 4 aromatic rings. The fraction of sp³-hybridized carbons (Fsp3) is 0.310. The van der Waals surface area contributed by atoms with E-state index in [1.165, 1.54) is 39.9 Å². The van der Waals surface area contributed by atoms with Crippen molar-refractivity contribution in [3.63, 3.8) is 0 Å². The van der Waals surface area contributed by atoms with Crippen LogP contribution in [0.15, 0.2) is 54.0 Å².